The molecule has 30 heavy (non-hydrogen) atoms. The molecule has 0 bridgehead atoms. The van der Waals surface area contributed by atoms with Gasteiger partial charge in [0.15, 0.2) is 0 Å². The number of hydrogen-bond acceptors (Lipinski definition) is 2. The van der Waals surface area contributed by atoms with Crippen LogP contribution >= 0.6 is 0 Å². The predicted molar refractivity (Wildman–Crippen MR) is 114 cm³/mol. The predicted octanol–water partition coefficient (Wildman–Crippen LogP) is 4.74. The van der Waals surface area contributed by atoms with Crippen LogP contribution in [0, 0.1) is 12.7 Å². The standard InChI is InChI=1S/C24H24FN3O2/c1-14-5-7-20(25)19-13-21(27-23(14)19)24(30)26-17-4-2-3-15(11-17)16-9-10-28-18(12-16)6-8-22(28)29/h2-5,7,11,13,16,18,27H,6,8-10,12H2,1H3,(H,26,30)/t16?,18-/m0/s1. The number of anilines is 1. The van der Waals surface area contributed by atoms with Crippen LogP contribution in [0.5, 0.6) is 0 Å². The molecule has 3 heterocycles. The number of aromatic amines is 1. The summed E-state index contributed by atoms with van der Waals surface area (Å²) < 4.78 is 14.1. The fourth-order valence-electron chi connectivity index (χ4n) is 4.91. The van der Waals surface area contributed by atoms with Crippen LogP contribution in [-0.2, 0) is 4.79 Å². The minimum absolute atomic E-state index is 0.282. The van der Waals surface area contributed by atoms with Gasteiger partial charge in [-0.3, -0.25) is 9.59 Å². The monoisotopic (exact) mass is 405 g/mol. The van der Waals surface area contributed by atoms with Crippen molar-refractivity contribution in [3.8, 4) is 0 Å². The number of aryl methyl sites for hydroxylation is 1. The van der Waals surface area contributed by atoms with Gasteiger partial charge < -0.3 is 15.2 Å². The van der Waals surface area contributed by atoms with E-state index in [4.69, 9.17) is 0 Å². The second-order valence-electron chi connectivity index (χ2n) is 8.42. The molecule has 2 aromatic carbocycles. The Balaban J connectivity index is 1.34. The highest BCUT2D eigenvalue weighted by Gasteiger charge is 2.36. The molecule has 2 aliphatic heterocycles. The molecule has 2 N–H and O–H groups in total. The van der Waals surface area contributed by atoms with E-state index in [1.54, 1.807) is 12.1 Å². The third-order valence-corrected chi connectivity index (χ3v) is 6.54. The number of nitrogens with zero attached hydrogens (tertiary/aromatic N) is 1. The Morgan fingerprint density at radius 3 is 2.90 bits per heavy atom. The summed E-state index contributed by atoms with van der Waals surface area (Å²) in [5.41, 5.74) is 3.78. The van der Waals surface area contributed by atoms with Crippen molar-refractivity contribution in [2.24, 2.45) is 0 Å². The van der Waals surface area contributed by atoms with E-state index in [-0.39, 0.29) is 17.6 Å². The zero-order valence-electron chi connectivity index (χ0n) is 16.9. The summed E-state index contributed by atoms with van der Waals surface area (Å²) in [6.07, 6.45) is 3.53. The molecule has 1 unspecified atom stereocenters. The Hall–Kier alpha value is -3.15. The van der Waals surface area contributed by atoms with E-state index in [0.717, 1.165) is 37.1 Å². The smallest absolute Gasteiger partial charge is 0.272 e. The van der Waals surface area contributed by atoms with Crippen molar-refractivity contribution in [1.29, 1.82) is 0 Å². The molecule has 2 aliphatic rings. The summed E-state index contributed by atoms with van der Waals surface area (Å²) in [6, 6.07) is 12.9. The van der Waals surface area contributed by atoms with E-state index in [1.807, 2.05) is 30.0 Å². The van der Waals surface area contributed by atoms with Gasteiger partial charge in [-0.05, 0) is 67.5 Å². The van der Waals surface area contributed by atoms with Crippen LogP contribution in [-0.4, -0.2) is 34.3 Å². The maximum atomic E-state index is 14.1. The van der Waals surface area contributed by atoms with Crippen LogP contribution in [0.2, 0.25) is 0 Å². The maximum absolute atomic E-state index is 14.1. The molecule has 0 radical (unpaired) electrons. The van der Waals surface area contributed by atoms with Crippen LogP contribution < -0.4 is 5.32 Å². The normalized spacial score (nSPS) is 21.1. The maximum Gasteiger partial charge on any atom is 0.272 e. The number of rotatable bonds is 3. The molecule has 2 saturated heterocycles. The number of carbonyl (C=O) groups is 2. The summed E-state index contributed by atoms with van der Waals surface area (Å²) in [6.45, 7) is 2.69. The zero-order valence-corrected chi connectivity index (χ0v) is 16.9. The number of hydrogen-bond donors (Lipinski definition) is 2. The molecule has 154 valence electrons. The third kappa shape index (κ3) is 3.26. The van der Waals surface area contributed by atoms with Gasteiger partial charge in [0.05, 0.1) is 5.52 Å². The molecular formula is C24H24FN3O2. The number of piperidine rings is 1. The summed E-state index contributed by atoms with van der Waals surface area (Å²) in [5, 5.41) is 3.36. The van der Waals surface area contributed by atoms with Gasteiger partial charge in [0, 0.05) is 30.1 Å². The van der Waals surface area contributed by atoms with Crippen molar-refractivity contribution < 1.29 is 14.0 Å². The quantitative estimate of drug-likeness (QED) is 0.661. The number of aromatic nitrogens is 1. The van der Waals surface area contributed by atoms with Gasteiger partial charge in [-0.2, -0.15) is 0 Å². The lowest BCUT2D eigenvalue weighted by Gasteiger charge is -2.35. The van der Waals surface area contributed by atoms with E-state index in [2.05, 4.69) is 16.4 Å². The molecule has 2 atom stereocenters. The Bertz CT molecular complexity index is 1110. The van der Waals surface area contributed by atoms with Gasteiger partial charge in [-0.1, -0.05) is 18.2 Å². The summed E-state index contributed by atoms with van der Waals surface area (Å²) in [4.78, 5) is 29.8. The lowest BCUT2D eigenvalue weighted by molar-refractivity contribution is -0.129. The topological polar surface area (TPSA) is 65.2 Å². The van der Waals surface area contributed by atoms with Gasteiger partial charge in [0.1, 0.15) is 11.5 Å². The van der Waals surface area contributed by atoms with Crippen molar-refractivity contribution in [3.05, 3.63) is 65.1 Å². The minimum Gasteiger partial charge on any atom is -0.350 e. The molecular weight excluding hydrogens is 381 g/mol. The largest absolute Gasteiger partial charge is 0.350 e. The summed E-state index contributed by atoms with van der Waals surface area (Å²) in [7, 11) is 0. The number of nitrogens with one attached hydrogen (secondary N) is 2. The van der Waals surface area contributed by atoms with Crippen molar-refractivity contribution in [1.82, 2.24) is 9.88 Å². The second kappa shape index (κ2) is 7.27. The molecule has 5 rings (SSSR count). The molecule has 0 saturated carbocycles. The fourth-order valence-corrected chi connectivity index (χ4v) is 4.91. The SMILES string of the molecule is Cc1ccc(F)c2cc(C(=O)Nc3cccc(C4CCN5C(=O)CC[C@H]5C4)c3)[nH]c12. The van der Waals surface area contributed by atoms with Gasteiger partial charge in [0.25, 0.3) is 5.91 Å². The second-order valence-corrected chi connectivity index (χ2v) is 8.42. The van der Waals surface area contributed by atoms with E-state index in [0.29, 0.717) is 35.0 Å². The number of amides is 2. The summed E-state index contributed by atoms with van der Waals surface area (Å²) >= 11 is 0. The number of benzene rings is 2. The van der Waals surface area contributed by atoms with Crippen molar-refractivity contribution in [2.75, 3.05) is 11.9 Å². The van der Waals surface area contributed by atoms with Gasteiger partial charge in [0.2, 0.25) is 5.91 Å². The lowest BCUT2D eigenvalue weighted by atomic mass is 9.85. The first-order chi connectivity index (χ1) is 14.5. The van der Waals surface area contributed by atoms with Crippen LogP contribution in [0.4, 0.5) is 10.1 Å². The van der Waals surface area contributed by atoms with E-state index in [1.165, 1.54) is 11.6 Å². The Morgan fingerprint density at radius 2 is 2.07 bits per heavy atom. The Morgan fingerprint density at radius 1 is 1.20 bits per heavy atom. The fraction of sp³-hybridized carbons (Fsp3) is 0.333. The lowest BCUT2D eigenvalue weighted by Crippen LogP contribution is -2.39. The van der Waals surface area contributed by atoms with E-state index < -0.39 is 0 Å². The highest BCUT2D eigenvalue weighted by molar-refractivity contribution is 6.06. The van der Waals surface area contributed by atoms with Crippen LogP contribution in [0.1, 0.15) is 53.2 Å². The number of H-pyrrole nitrogens is 1. The minimum atomic E-state index is -0.343. The van der Waals surface area contributed by atoms with E-state index in [9.17, 15) is 14.0 Å². The molecule has 0 aliphatic carbocycles. The number of halogens is 1. The average molecular weight is 405 g/mol. The van der Waals surface area contributed by atoms with Gasteiger partial charge in [-0.15, -0.1) is 0 Å². The molecule has 1 aromatic heterocycles. The van der Waals surface area contributed by atoms with Crippen LogP contribution in [0.15, 0.2) is 42.5 Å². The first-order valence-corrected chi connectivity index (χ1v) is 10.5. The first kappa shape index (κ1) is 18.9. The molecule has 6 heteroatoms. The van der Waals surface area contributed by atoms with Crippen molar-refractivity contribution in [2.45, 2.75) is 44.6 Å². The van der Waals surface area contributed by atoms with E-state index >= 15 is 0 Å². The van der Waals surface area contributed by atoms with Gasteiger partial charge in [-0.25, -0.2) is 4.39 Å². The Kier molecular flexibility index (Phi) is 4.57. The van der Waals surface area contributed by atoms with Gasteiger partial charge >= 0.3 is 0 Å². The summed E-state index contributed by atoms with van der Waals surface area (Å²) in [5.74, 6) is 0.0336. The highest BCUT2D eigenvalue weighted by Crippen LogP contribution is 2.37. The first-order valence-electron chi connectivity index (χ1n) is 10.5. The van der Waals surface area contributed by atoms with Crippen LogP contribution in [0.25, 0.3) is 10.9 Å². The van der Waals surface area contributed by atoms with Crippen LogP contribution in [0.3, 0.4) is 0 Å². The Labute approximate surface area is 174 Å². The van der Waals surface area contributed by atoms with Crippen molar-refractivity contribution in [3.63, 3.8) is 0 Å². The third-order valence-electron chi connectivity index (χ3n) is 6.54. The van der Waals surface area contributed by atoms with Crippen molar-refractivity contribution >= 4 is 28.4 Å². The molecule has 0 spiro atoms. The molecule has 2 fully saturated rings. The number of fused-ring (bicyclic) bond motifs is 2. The average Bonchev–Trinajstić information content (AvgIpc) is 3.36. The highest BCUT2D eigenvalue weighted by atomic mass is 19.1. The zero-order chi connectivity index (χ0) is 20.8. The molecule has 3 aromatic rings. The molecule has 5 nitrogen and oxygen atoms in total. The number of carbonyl (C=O) groups excluding carboxylic acids is 2. The molecule has 2 amide bonds.